The molecule has 2 aliphatic heterocycles. The summed E-state index contributed by atoms with van der Waals surface area (Å²) in [4.78, 5) is 12.8. The summed E-state index contributed by atoms with van der Waals surface area (Å²) in [5.74, 6) is 2.46. The molecule has 1 saturated carbocycles. The number of aryl methyl sites for hydroxylation is 1. The lowest BCUT2D eigenvalue weighted by molar-refractivity contribution is -0.188. The summed E-state index contributed by atoms with van der Waals surface area (Å²) in [5.41, 5.74) is 4.58. The molecule has 2 bridgehead atoms. The van der Waals surface area contributed by atoms with Crippen LogP contribution in [0.3, 0.4) is 0 Å². The Morgan fingerprint density at radius 2 is 2.03 bits per heavy atom. The maximum absolute atomic E-state index is 12.8. The number of hydrogen-bond acceptors (Lipinski definition) is 4. The first-order valence-corrected chi connectivity index (χ1v) is 10.7. The van der Waals surface area contributed by atoms with Gasteiger partial charge >= 0.3 is 0 Å². The molecule has 0 spiro atoms. The number of rotatable bonds is 2. The van der Waals surface area contributed by atoms with Crippen molar-refractivity contribution in [3.05, 3.63) is 58.7 Å². The molecule has 0 radical (unpaired) electrons. The van der Waals surface area contributed by atoms with Crippen molar-refractivity contribution in [3.63, 3.8) is 0 Å². The van der Waals surface area contributed by atoms with Crippen molar-refractivity contribution in [2.45, 2.75) is 56.5 Å². The molecule has 2 aliphatic carbocycles. The van der Waals surface area contributed by atoms with Gasteiger partial charge in [0, 0.05) is 35.2 Å². The topological polar surface area (TPSA) is 65.1 Å². The van der Waals surface area contributed by atoms with Crippen LogP contribution in [-0.4, -0.2) is 34.8 Å². The van der Waals surface area contributed by atoms with Gasteiger partial charge in [-0.05, 0) is 68.7 Å². The van der Waals surface area contributed by atoms with Crippen LogP contribution in [-0.2, 0) is 11.8 Å². The zero-order chi connectivity index (χ0) is 19.8. The first-order chi connectivity index (χ1) is 14.0. The number of hydroxylamine groups is 2. The monoisotopic (exact) mass is 390 g/mol. The molecule has 2 aromatic rings. The molecule has 150 valence electrons. The van der Waals surface area contributed by atoms with E-state index >= 15 is 0 Å². The van der Waals surface area contributed by atoms with E-state index in [1.165, 1.54) is 11.1 Å². The predicted molar refractivity (Wildman–Crippen MR) is 109 cm³/mol. The summed E-state index contributed by atoms with van der Waals surface area (Å²) >= 11 is 0. The van der Waals surface area contributed by atoms with Crippen LogP contribution in [0.25, 0.3) is 0 Å². The number of fused-ring (bicyclic) bond motifs is 3. The molecule has 5 heteroatoms. The lowest BCUT2D eigenvalue weighted by atomic mass is 9.52. The van der Waals surface area contributed by atoms with Gasteiger partial charge in [-0.1, -0.05) is 23.8 Å². The van der Waals surface area contributed by atoms with Crippen LogP contribution >= 0.6 is 0 Å². The average Bonchev–Trinajstić information content (AvgIpc) is 3.51. The van der Waals surface area contributed by atoms with E-state index in [9.17, 15) is 10.0 Å². The minimum atomic E-state index is 0.0145. The molecule has 2 aromatic carbocycles. The van der Waals surface area contributed by atoms with Gasteiger partial charge in [0.15, 0.2) is 11.5 Å². The highest BCUT2D eigenvalue weighted by molar-refractivity contribution is 5.94. The van der Waals surface area contributed by atoms with Crippen LogP contribution in [0.4, 0.5) is 0 Å². The molecule has 0 aromatic heterocycles. The zero-order valence-electron chi connectivity index (χ0n) is 16.6. The third kappa shape index (κ3) is 2.57. The highest BCUT2D eigenvalue weighted by Crippen LogP contribution is 2.61. The Balaban J connectivity index is 1.32. The van der Waals surface area contributed by atoms with Crippen molar-refractivity contribution in [1.82, 2.24) is 10.4 Å². The van der Waals surface area contributed by atoms with E-state index in [1.807, 2.05) is 31.2 Å². The Labute approximate surface area is 170 Å². The largest absolute Gasteiger partial charge is 0.449 e. The van der Waals surface area contributed by atoms with E-state index in [-0.39, 0.29) is 23.4 Å². The van der Waals surface area contributed by atoms with E-state index in [0.717, 1.165) is 54.7 Å². The number of nitrogens with zero attached hydrogens (tertiary/aromatic N) is 1. The van der Waals surface area contributed by atoms with Crippen molar-refractivity contribution >= 4 is 5.91 Å². The number of amides is 1. The molecule has 2 fully saturated rings. The summed E-state index contributed by atoms with van der Waals surface area (Å²) in [5, 5.41) is 15.5. The fourth-order valence-electron chi connectivity index (χ4n) is 6.34. The maximum atomic E-state index is 12.8. The summed E-state index contributed by atoms with van der Waals surface area (Å²) in [6.07, 6.45) is 4.71. The molecule has 6 rings (SSSR count). The summed E-state index contributed by atoms with van der Waals surface area (Å²) < 4.78 is 5.70. The van der Waals surface area contributed by atoms with Crippen molar-refractivity contribution in [3.8, 4) is 11.5 Å². The quantitative estimate of drug-likeness (QED) is 0.650. The van der Waals surface area contributed by atoms with E-state index in [4.69, 9.17) is 4.74 Å². The smallest absolute Gasteiger partial charge is 0.251 e. The lowest BCUT2D eigenvalue weighted by Crippen LogP contribution is -2.62. The Morgan fingerprint density at radius 1 is 1.21 bits per heavy atom. The first-order valence-electron chi connectivity index (χ1n) is 10.7. The average molecular weight is 390 g/mol. The molecule has 1 saturated heterocycles. The van der Waals surface area contributed by atoms with Crippen molar-refractivity contribution < 1.29 is 14.7 Å². The number of piperidine rings is 1. The van der Waals surface area contributed by atoms with Gasteiger partial charge in [-0.15, -0.1) is 0 Å². The van der Waals surface area contributed by atoms with Crippen LogP contribution in [0.1, 0.15) is 52.7 Å². The molecule has 1 amide bonds. The van der Waals surface area contributed by atoms with Gasteiger partial charge in [-0.25, -0.2) is 0 Å². The Kier molecular flexibility index (Phi) is 3.66. The molecule has 4 aliphatic rings. The van der Waals surface area contributed by atoms with Crippen LogP contribution in [0.2, 0.25) is 0 Å². The summed E-state index contributed by atoms with van der Waals surface area (Å²) in [6.45, 7) is 2.72. The summed E-state index contributed by atoms with van der Waals surface area (Å²) in [6, 6.07) is 12.4. The number of carbonyl (C=O) groups excluding carboxylic acids is 1. The zero-order valence-corrected chi connectivity index (χ0v) is 16.6. The number of nitrogens with one attached hydrogen (secondary N) is 1. The molecular weight excluding hydrogens is 364 g/mol. The predicted octanol–water partition coefficient (Wildman–Crippen LogP) is 3.96. The van der Waals surface area contributed by atoms with E-state index in [2.05, 4.69) is 17.4 Å². The normalized spacial score (nSPS) is 31.7. The van der Waals surface area contributed by atoms with Gasteiger partial charge in [-0.3, -0.25) is 4.79 Å². The standard InChI is InChI=1S/C24H26N2O3/c1-14-2-4-15(5-3-14)23(27)25-16-6-7-19-20-12-17-18(8-9-21-22(17)29-21)24(19,13-16)10-11-26(20)28/h2-5,8-9,16,19-20,28H,6-7,10-13H2,1H3,(H,25,27)/t16-,19+,20-,24-/m1/s1. The minimum Gasteiger partial charge on any atom is -0.449 e. The molecule has 2 N–H and O–H groups in total. The number of carbonyl (C=O) groups is 1. The highest BCUT2D eigenvalue weighted by Gasteiger charge is 2.57. The molecule has 5 nitrogen and oxygen atoms in total. The minimum absolute atomic E-state index is 0.0145. The van der Waals surface area contributed by atoms with E-state index in [0.29, 0.717) is 12.5 Å². The van der Waals surface area contributed by atoms with Crippen LogP contribution < -0.4 is 10.1 Å². The van der Waals surface area contributed by atoms with Gasteiger partial charge in [0.25, 0.3) is 5.91 Å². The Morgan fingerprint density at radius 3 is 2.86 bits per heavy atom. The number of ether oxygens (including phenoxy) is 1. The molecule has 4 atom stereocenters. The maximum Gasteiger partial charge on any atom is 0.251 e. The molecule has 29 heavy (non-hydrogen) atoms. The third-order valence-corrected chi connectivity index (χ3v) is 7.77. The van der Waals surface area contributed by atoms with Crippen LogP contribution in [0.5, 0.6) is 11.5 Å². The van der Waals surface area contributed by atoms with Gasteiger partial charge in [0.2, 0.25) is 0 Å². The molecular formula is C24H26N2O3. The van der Waals surface area contributed by atoms with E-state index < -0.39 is 0 Å². The summed E-state index contributed by atoms with van der Waals surface area (Å²) in [7, 11) is 0. The lowest BCUT2D eigenvalue weighted by Gasteiger charge is -2.58. The SMILES string of the molecule is Cc1ccc(C(=O)N[C@@H]2CC[C@H]3[C@H]4Cc5c(ccc6c5O6)[C@@]3(CCN4O)C2)cc1. The van der Waals surface area contributed by atoms with Crippen molar-refractivity contribution in [1.29, 1.82) is 0 Å². The van der Waals surface area contributed by atoms with Gasteiger partial charge in [0.05, 0.1) is 0 Å². The second-order valence-electron chi connectivity index (χ2n) is 9.29. The highest BCUT2D eigenvalue weighted by atomic mass is 16.6. The first kappa shape index (κ1) is 17.5. The van der Waals surface area contributed by atoms with E-state index in [1.54, 1.807) is 5.06 Å². The Hall–Kier alpha value is -2.37. The Bertz CT molecular complexity index is 1000. The van der Waals surface area contributed by atoms with Gasteiger partial charge in [-0.2, -0.15) is 5.06 Å². The van der Waals surface area contributed by atoms with Crippen LogP contribution in [0.15, 0.2) is 36.4 Å². The van der Waals surface area contributed by atoms with Gasteiger partial charge < -0.3 is 15.3 Å². The number of hydrogen-bond donors (Lipinski definition) is 2. The molecule has 0 unspecified atom stereocenters. The van der Waals surface area contributed by atoms with Crippen molar-refractivity contribution in [2.75, 3.05) is 6.54 Å². The third-order valence-electron chi connectivity index (χ3n) is 7.77. The molecule has 2 heterocycles. The second kappa shape index (κ2) is 6.07. The number of benzene rings is 2. The van der Waals surface area contributed by atoms with Crippen molar-refractivity contribution in [2.24, 2.45) is 5.92 Å². The second-order valence-corrected chi connectivity index (χ2v) is 9.29. The fraction of sp³-hybridized carbons (Fsp3) is 0.458. The van der Waals surface area contributed by atoms with Gasteiger partial charge in [0.1, 0.15) is 0 Å². The van der Waals surface area contributed by atoms with Crippen LogP contribution in [0, 0.1) is 12.8 Å². The fourth-order valence-corrected chi connectivity index (χ4v) is 6.34.